The van der Waals surface area contributed by atoms with E-state index in [1.807, 2.05) is 0 Å². The van der Waals surface area contributed by atoms with E-state index in [4.69, 9.17) is 9.73 Å². The van der Waals surface area contributed by atoms with Gasteiger partial charge in [-0.25, -0.2) is 0 Å². The first-order valence-electron chi connectivity index (χ1n) is 7.36. The van der Waals surface area contributed by atoms with Gasteiger partial charge in [-0.3, -0.25) is 4.99 Å². The maximum absolute atomic E-state index is 5.33. The minimum Gasteiger partial charge on any atom is -0.497 e. The number of benzene rings is 2. The summed E-state index contributed by atoms with van der Waals surface area (Å²) >= 11 is 0. The Bertz CT molecular complexity index is 732. The van der Waals surface area contributed by atoms with Crippen LogP contribution in [0.4, 0.5) is 0 Å². The second-order valence-corrected chi connectivity index (χ2v) is 6.22. The minimum absolute atomic E-state index is 0.313. The monoisotopic (exact) mass is 265 g/mol. The molecule has 2 nitrogen and oxygen atoms in total. The number of hydrogen-bond acceptors (Lipinski definition) is 2. The van der Waals surface area contributed by atoms with E-state index in [1.54, 1.807) is 7.11 Å². The van der Waals surface area contributed by atoms with Gasteiger partial charge in [0.2, 0.25) is 0 Å². The van der Waals surface area contributed by atoms with Crippen molar-refractivity contribution in [3.63, 3.8) is 0 Å². The molecule has 2 aliphatic rings. The molecular formula is C18H19NO. The van der Waals surface area contributed by atoms with Gasteiger partial charge < -0.3 is 4.74 Å². The lowest BCUT2D eigenvalue weighted by Crippen LogP contribution is -2.30. The highest BCUT2D eigenvalue weighted by molar-refractivity contribution is 6.10. The summed E-state index contributed by atoms with van der Waals surface area (Å²) < 4.78 is 5.33. The Kier molecular flexibility index (Phi) is 2.44. The molecule has 1 unspecified atom stereocenters. The van der Waals surface area contributed by atoms with Crippen LogP contribution in [-0.2, 0) is 6.42 Å². The van der Waals surface area contributed by atoms with Crippen molar-refractivity contribution >= 4 is 16.5 Å². The summed E-state index contributed by atoms with van der Waals surface area (Å²) in [5, 5.41) is 2.63. The van der Waals surface area contributed by atoms with Crippen molar-refractivity contribution in [3.05, 3.63) is 41.5 Å². The first kappa shape index (κ1) is 12.0. The average molecular weight is 265 g/mol. The van der Waals surface area contributed by atoms with Crippen molar-refractivity contribution in [1.82, 2.24) is 0 Å². The quantitative estimate of drug-likeness (QED) is 0.764. The first-order chi connectivity index (χ1) is 9.71. The van der Waals surface area contributed by atoms with E-state index < -0.39 is 0 Å². The highest BCUT2D eigenvalue weighted by Crippen LogP contribution is 2.43. The standard InChI is InChI=1S/C18H19NO/c1-18-8-7-15-14-6-4-13(20-2)11-12(14)3-5-16(15)17(18)19-10-9-18/h3-6,11H,7-10H2,1-2H3. The third-order valence-electron chi connectivity index (χ3n) is 5.03. The fourth-order valence-corrected chi connectivity index (χ4v) is 3.77. The van der Waals surface area contributed by atoms with E-state index in [2.05, 4.69) is 37.3 Å². The Morgan fingerprint density at radius 1 is 1.15 bits per heavy atom. The molecule has 0 N–H and O–H groups in total. The Morgan fingerprint density at radius 3 is 2.90 bits per heavy atom. The van der Waals surface area contributed by atoms with Crippen molar-refractivity contribution in [3.8, 4) is 5.75 Å². The minimum atomic E-state index is 0.313. The van der Waals surface area contributed by atoms with E-state index in [9.17, 15) is 0 Å². The summed E-state index contributed by atoms with van der Waals surface area (Å²) in [6, 6.07) is 10.9. The van der Waals surface area contributed by atoms with Crippen molar-refractivity contribution < 1.29 is 4.74 Å². The van der Waals surface area contributed by atoms with E-state index in [1.165, 1.54) is 40.5 Å². The smallest absolute Gasteiger partial charge is 0.119 e. The summed E-state index contributed by atoms with van der Waals surface area (Å²) in [6.45, 7) is 3.37. The van der Waals surface area contributed by atoms with Crippen LogP contribution in [-0.4, -0.2) is 19.4 Å². The molecule has 0 amide bonds. The van der Waals surface area contributed by atoms with Gasteiger partial charge in [-0.05, 0) is 53.3 Å². The molecule has 1 atom stereocenters. The fourth-order valence-electron chi connectivity index (χ4n) is 3.77. The molecule has 2 aromatic carbocycles. The van der Waals surface area contributed by atoms with Crippen LogP contribution in [0.2, 0.25) is 0 Å². The zero-order valence-electron chi connectivity index (χ0n) is 12.1. The van der Waals surface area contributed by atoms with Gasteiger partial charge >= 0.3 is 0 Å². The third-order valence-corrected chi connectivity index (χ3v) is 5.03. The van der Waals surface area contributed by atoms with Crippen molar-refractivity contribution in [2.45, 2.75) is 26.2 Å². The zero-order chi connectivity index (χ0) is 13.7. The Hall–Kier alpha value is -1.83. The van der Waals surface area contributed by atoms with Gasteiger partial charge in [0.05, 0.1) is 7.11 Å². The van der Waals surface area contributed by atoms with Gasteiger partial charge in [-0.2, -0.15) is 0 Å². The molecule has 20 heavy (non-hydrogen) atoms. The molecule has 2 heteroatoms. The van der Waals surface area contributed by atoms with Crippen molar-refractivity contribution in [2.24, 2.45) is 10.4 Å². The van der Waals surface area contributed by atoms with Gasteiger partial charge in [0.25, 0.3) is 0 Å². The highest BCUT2D eigenvalue weighted by atomic mass is 16.5. The van der Waals surface area contributed by atoms with Gasteiger partial charge in [0.1, 0.15) is 5.75 Å². The molecule has 1 heterocycles. The summed E-state index contributed by atoms with van der Waals surface area (Å²) in [5.41, 5.74) is 4.52. The molecule has 0 saturated carbocycles. The van der Waals surface area contributed by atoms with Crippen LogP contribution in [0.3, 0.4) is 0 Å². The molecule has 0 radical (unpaired) electrons. The lowest BCUT2D eigenvalue weighted by molar-refractivity contribution is 0.415. The molecule has 0 bridgehead atoms. The summed E-state index contributed by atoms with van der Waals surface area (Å²) in [4.78, 5) is 4.80. The number of fused-ring (bicyclic) bond motifs is 5. The molecule has 0 fully saturated rings. The Balaban J connectivity index is 1.95. The average Bonchev–Trinajstić information content (AvgIpc) is 2.88. The molecule has 0 saturated heterocycles. The molecule has 2 aromatic rings. The van der Waals surface area contributed by atoms with E-state index in [-0.39, 0.29) is 0 Å². The normalized spacial score (nSPS) is 24.2. The van der Waals surface area contributed by atoms with Crippen LogP contribution in [0.5, 0.6) is 5.75 Å². The number of methoxy groups -OCH3 is 1. The van der Waals surface area contributed by atoms with Gasteiger partial charge in [-0.15, -0.1) is 0 Å². The summed E-state index contributed by atoms with van der Waals surface area (Å²) in [6.07, 6.45) is 3.60. The van der Waals surface area contributed by atoms with Crippen LogP contribution in [0, 0.1) is 5.41 Å². The predicted molar refractivity (Wildman–Crippen MR) is 82.9 cm³/mol. The van der Waals surface area contributed by atoms with Crippen LogP contribution in [0.25, 0.3) is 10.8 Å². The maximum Gasteiger partial charge on any atom is 0.119 e. The van der Waals surface area contributed by atoms with E-state index in [0.717, 1.165) is 18.7 Å². The topological polar surface area (TPSA) is 21.6 Å². The predicted octanol–water partition coefficient (Wildman–Crippen LogP) is 3.99. The third kappa shape index (κ3) is 1.54. The number of aryl methyl sites for hydroxylation is 1. The number of rotatable bonds is 1. The lowest BCUT2D eigenvalue weighted by Gasteiger charge is -2.33. The summed E-state index contributed by atoms with van der Waals surface area (Å²) in [7, 11) is 1.72. The molecule has 0 spiro atoms. The summed E-state index contributed by atoms with van der Waals surface area (Å²) in [5.74, 6) is 0.927. The van der Waals surface area contributed by atoms with Gasteiger partial charge in [-0.1, -0.05) is 25.1 Å². The van der Waals surface area contributed by atoms with E-state index >= 15 is 0 Å². The Labute approximate surface area is 119 Å². The van der Waals surface area contributed by atoms with Crippen molar-refractivity contribution in [2.75, 3.05) is 13.7 Å². The SMILES string of the molecule is COc1ccc2c3c(ccc2c1)C1=NCCC1(C)CC3. The number of hydrogen-bond donors (Lipinski definition) is 0. The van der Waals surface area contributed by atoms with Crippen LogP contribution < -0.4 is 4.74 Å². The van der Waals surface area contributed by atoms with Crippen LogP contribution in [0.1, 0.15) is 30.9 Å². The fraction of sp³-hybridized carbons (Fsp3) is 0.389. The molecule has 1 aliphatic heterocycles. The van der Waals surface area contributed by atoms with Gasteiger partial charge in [0.15, 0.2) is 0 Å². The van der Waals surface area contributed by atoms with Crippen molar-refractivity contribution in [1.29, 1.82) is 0 Å². The molecule has 1 aliphatic carbocycles. The zero-order valence-corrected chi connectivity index (χ0v) is 12.1. The molecule has 102 valence electrons. The first-order valence-corrected chi connectivity index (χ1v) is 7.36. The Morgan fingerprint density at radius 2 is 2.05 bits per heavy atom. The molecular weight excluding hydrogens is 246 g/mol. The number of nitrogens with zero attached hydrogens (tertiary/aromatic N) is 1. The molecule has 4 rings (SSSR count). The number of ether oxygens (including phenoxy) is 1. The largest absolute Gasteiger partial charge is 0.497 e. The second-order valence-electron chi connectivity index (χ2n) is 6.22. The van der Waals surface area contributed by atoms with Crippen LogP contribution in [0.15, 0.2) is 35.3 Å². The maximum atomic E-state index is 5.33. The van der Waals surface area contributed by atoms with Gasteiger partial charge in [0, 0.05) is 17.7 Å². The highest BCUT2D eigenvalue weighted by Gasteiger charge is 2.39. The van der Waals surface area contributed by atoms with E-state index in [0.29, 0.717) is 5.41 Å². The molecule has 0 aromatic heterocycles. The van der Waals surface area contributed by atoms with Crippen LogP contribution >= 0.6 is 0 Å². The number of aliphatic imine (C=N–C) groups is 1. The second kappa shape index (κ2) is 4.08. The lowest BCUT2D eigenvalue weighted by atomic mass is 9.70.